The lowest BCUT2D eigenvalue weighted by Crippen LogP contribution is -1.85. The van der Waals surface area contributed by atoms with E-state index in [1.807, 2.05) is 31.2 Å². The third-order valence-electron chi connectivity index (χ3n) is 3.68. The van der Waals surface area contributed by atoms with Crippen molar-refractivity contribution in [3.8, 4) is 22.8 Å². The number of benzene rings is 2. The smallest absolute Gasteiger partial charge is 0.277 e. The Labute approximate surface area is 152 Å². The van der Waals surface area contributed by atoms with E-state index >= 15 is 0 Å². The van der Waals surface area contributed by atoms with Crippen molar-refractivity contribution in [3.63, 3.8) is 0 Å². The second kappa shape index (κ2) is 7.09. The van der Waals surface area contributed by atoms with Gasteiger partial charge in [-0.05, 0) is 24.6 Å². The molecule has 26 heavy (non-hydrogen) atoms. The molecule has 0 aliphatic carbocycles. The minimum absolute atomic E-state index is 0.136. The summed E-state index contributed by atoms with van der Waals surface area (Å²) in [5.74, 6) is 1.08. The first-order valence-electron chi connectivity index (χ1n) is 7.80. The number of halogens is 1. The Balaban J connectivity index is 1.46. The lowest BCUT2D eigenvalue weighted by atomic mass is 10.1. The predicted octanol–water partition coefficient (Wildman–Crippen LogP) is 4.53. The Morgan fingerprint density at radius 1 is 1.00 bits per heavy atom. The van der Waals surface area contributed by atoms with Gasteiger partial charge in [-0.15, -0.1) is 10.2 Å². The molecule has 0 radical (unpaired) electrons. The van der Waals surface area contributed by atoms with E-state index in [0.29, 0.717) is 22.7 Å². The highest BCUT2D eigenvalue weighted by molar-refractivity contribution is 7.98. The number of hydrogen-bond donors (Lipinski definition) is 0. The Kier molecular flexibility index (Phi) is 4.49. The number of hydrogen-bond acceptors (Lipinski definition) is 7. The van der Waals surface area contributed by atoms with Gasteiger partial charge >= 0.3 is 0 Å². The van der Waals surface area contributed by atoms with Gasteiger partial charge in [0.2, 0.25) is 11.7 Å². The van der Waals surface area contributed by atoms with Crippen LogP contribution in [0, 0.1) is 12.7 Å². The maximum Gasteiger partial charge on any atom is 0.277 e. The maximum absolute atomic E-state index is 13.8. The van der Waals surface area contributed by atoms with Crippen molar-refractivity contribution in [1.82, 2.24) is 20.3 Å². The first-order valence-corrected chi connectivity index (χ1v) is 8.79. The van der Waals surface area contributed by atoms with Crippen LogP contribution in [0.3, 0.4) is 0 Å². The molecule has 4 aromatic rings. The van der Waals surface area contributed by atoms with Gasteiger partial charge in [0, 0.05) is 5.56 Å². The van der Waals surface area contributed by atoms with Crippen molar-refractivity contribution in [3.05, 3.63) is 65.8 Å². The molecule has 2 aromatic carbocycles. The minimum Gasteiger partial charge on any atom is -0.411 e. The van der Waals surface area contributed by atoms with Crippen LogP contribution in [0.15, 0.2) is 62.7 Å². The molecular weight excluding hydrogens is 355 g/mol. The van der Waals surface area contributed by atoms with Crippen LogP contribution in [0.1, 0.15) is 11.5 Å². The number of nitrogens with zero attached hydrogens (tertiary/aromatic N) is 4. The second-order valence-electron chi connectivity index (χ2n) is 5.47. The summed E-state index contributed by atoms with van der Waals surface area (Å²) in [6, 6.07) is 14.1. The first kappa shape index (κ1) is 16.5. The van der Waals surface area contributed by atoms with Crippen LogP contribution in [0.5, 0.6) is 0 Å². The average Bonchev–Trinajstić information content (AvgIpc) is 3.30. The lowest BCUT2D eigenvalue weighted by molar-refractivity contribution is 0.390. The molecule has 0 fully saturated rings. The predicted molar refractivity (Wildman–Crippen MR) is 93.7 cm³/mol. The van der Waals surface area contributed by atoms with E-state index in [0.717, 1.165) is 11.1 Å². The molecule has 4 rings (SSSR count). The molecule has 6 nitrogen and oxygen atoms in total. The van der Waals surface area contributed by atoms with Crippen LogP contribution in [0.25, 0.3) is 22.8 Å². The van der Waals surface area contributed by atoms with Gasteiger partial charge in [-0.3, -0.25) is 0 Å². The zero-order chi connectivity index (χ0) is 17.9. The van der Waals surface area contributed by atoms with Gasteiger partial charge in [0.1, 0.15) is 5.82 Å². The molecule has 8 heteroatoms. The number of aromatic nitrogens is 4. The molecular formula is C18H13FN4O2S. The van der Waals surface area contributed by atoms with Crippen LogP contribution in [-0.2, 0) is 5.75 Å². The number of aryl methyl sites for hydroxylation is 1. The molecule has 0 saturated carbocycles. The van der Waals surface area contributed by atoms with Gasteiger partial charge in [0.25, 0.3) is 11.1 Å². The second-order valence-corrected chi connectivity index (χ2v) is 6.39. The Hall–Kier alpha value is -3.00. The van der Waals surface area contributed by atoms with Crippen LogP contribution < -0.4 is 0 Å². The summed E-state index contributed by atoms with van der Waals surface area (Å²) >= 11 is 1.25. The molecule has 2 aromatic heterocycles. The highest BCUT2D eigenvalue weighted by Gasteiger charge is 2.15. The van der Waals surface area contributed by atoms with Crippen molar-refractivity contribution < 1.29 is 13.3 Å². The summed E-state index contributed by atoms with van der Waals surface area (Å²) in [5.41, 5.74) is 2.26. The fourth-order valence-electron chi connectivity index (χ4n) is 2.38. The van der Waals surface area contributed by atoms with E-state index in [2.05, 4.69) is 20.3 Å². The lowest BCUT2D eigenvalue weighted by Gasteiger charge is -1.97. The van der Waals surface area contributed by atoms with Gasteiger partial charge in [-0.2, -0.15) is 4.98 Å². The number of rotatable bonds is 5. The highest BCUT2D eigenvalue weighted by atomic mass is 32.2. The Morgan fingerprint density at radius 2 is 1.77 bits per heavy atom. The van der Waals surface area contributed by atoms with E-state index in [1.165, 1.54) is 17.8 Å². The molecule has 0 atom stereocenters. The average molecular weight is 368 g/mol. The molecule has 0 unspecified atom stereocenters. The van der Waals surface area contributed by atoms with Crippen LogP contribution in [0.4, 0.5) is 4.39 Å². The molecule has 130 valence electrons. The normalized spacial score (nSPS) is 11.0. The molecule has 2 heterocycles. The monoisotopic (exact) mass is 368 g/mol. The van der Waals surface area contributed by atoms with Gasteiger partial charge in [-0.25, -0.2) is 4.39 Å². The fraction of sp³-hybridized carbons (Fsp3) is 0.111. The van der Waals surface area contributed by atoms with E-state index in [-0.39, 0.29) is 11.5 Å². The topological polar surface area (TPSA) is 77.8 Å². The standard InChI is InChI=1S/C18H13FN4O2S/c1-11-6-2-3-7-12(11)16-20-15(25-23-16)10-26-18-22-21-17(24-18)13-8-4-5-9-14(13)19/h2-9H,10H2,1H3. The summed E-state index contributed by atoms with van der Waals surface area (Å²) in [6.07, 6.45) is 0. The molecule has 0 aliphatic rings. The molecule has 0 N–H and O–H groups in total. The van der Waals surface area contributed by atoms with Crippen LogP contribution >= 0.6 is 11.8 Å². The maximum atomic E-state index is 13.8. The summed E-state index contributed by atoms with van der Waals surface area (Å²) in [7, 11) is 0. The molecule has 0 amide bonds. The van der Waals surface area contributed by atoms with Crippen molar-refractivity contribution in [2.75, 3.05) is 0 Å². The summed E-state index contributed by atoms with van der Waals surface area (Å²) in [5, 5.41) is 12.1. The highest BCUT2D eigenvalue weighted by Crippen LogP contribution is 2.27. The molecule has 0 saturated heterocycles. The Bertz CT molecular complexity index is 963. The minimum atomic E-state index is -0.410. The van der Waals surface area contributed by atoms with E-state index in [1.54, 1.807) is 18.2 Å². The SMILES string of the molecule is Cc1ccccc1-c1noc(CSc2nnc(-c3ccccc3F)o2)n1. The third-order valence-corrected chi connectivity index (χ3v) is 4.49. The Morgan fingerprint density at radius 3 is 2.58 bits per heavy atom. The summed E-state index contributed by atoms with van der Waals surface area (Å²) in [4.78, 5) is 4.39. The van der Waals surface area contributed by atoms with Gasteiger partial charge < -0.3 is 8.94 Å². The summed E-state index contributed by atoms with van der Waals surface area (Å²) in [6.45, 7) is 1.99. The summed E-state index contributed by atoms with van der Waals surface area (Å²) < 4.78 is 24.5. The third kappa shape index (κ3) is 3.36. The van der Waals surface area contributed by atoms with E-state index in [4.69, 9.17) is 8.94 Å². The van der Waals surface area contributed by atoms with Crippen molar-refractivity contribution in [2.24, 2.45) is 0 Å². The zero-order valence-electron chi connectivity index (χ0n) is 13.7. The quantitative estimate of drug-likeness (QED) is 0.479. The van der Waals surface area contributed by atoms with Crippen molar-refractivity contribution >= 4 is 11.8 Å². The zero-order valence-corrected chi connectivity index (χ0v) is 14.5. The van der Waals surface area contributed by atoms with E-state index in [9.17, 15) is 4.39 Å². The fourth-order valence-corrected chi connectivity index (χ4v) is 2.98. The first-order chi connectivity index (χ1) is 12.7. The largest absolute Gasteiger partial charge is 0.411 e. The molecule has 0 aliphatic heterocycles. The molecule has 0 spiro atoms. The van der Waals surface area contributed by atoms with E-state index < -0.39 is 5.82 Å². The van der Waals surface area contributed by atoms with Crippen molar-refractivity contribution in [1.29, 1.82) is 0 Å². The molecule has 0 bridgehead atoms. The van der Waals surface area contributed by atoms with Gasteiger partial charge in [-0.1, -0.05) is 53.3 Å². The van der Waals surface area contributed by atoms with Gasteiger partial charge in [0.05, 0.1) is 11.3 Å². The van der Waals surface area contributed by atoms with Gasteiger partial charge in [0.15, 0.2) is 0 Å². The van der Waals surface area contributed by atoms with Crippen LogP contribution in [0.2, 0.25) is 0 Å². The number of thioether (sulfide) groups is 1. The van der Waals surface area contributed by atoms with Crippen LogP contribution in [-0.4, -0.2) is 20.3 Å². The van der Waals surface area contributed by atoms with Crippen molar-refractivity contribution in [2.45, 2.75) is 17.9 Å².